The first-order valence-electron chi connectivity index (χ1n) is 26.9. The number of benzene rings is 4. The highest BCUT2D eigenvalue weighted by Gasteiger charge is 2.42. The number of amides is 4. The van der Waals surface area contributed by atoms with Gasteiger partial charge in [-0.2, -0.15) is 0 Å². The maximum absolute atomic E-state index is 14.7. The highest BCUT2D eigenvalue weighted by molar-refractivity contribution is 5.90. The molecule has 3 aliphatic rings. The molecule has 5 aromatic rings. The summed E-state index contributed by atoms with van der Waals surface area (Å²) in [5, 5.41) is 7.76. The van der Waals surface area contributed by atoms with Crippen LogP contribution >= 0.6 is 0 Å². The molecule has 16 heteroatoms. The number of halogens is 2. The van der Waals surface area contributed by atoms with Gasteiger partial charge in [0, 0.05) is 106 Å². The average Bonchev–Trinajstić information content (AvgIpc) is 4.17. The first-order chi connectivity index (χ1) is 37.0. The van der Waals surface area contributed by atoms with Crippen LogP contribution in [0.3, 0.4) is 0 Å². The predicted octanol–water partition coefficient (Wildman–Crippen LogP) is 9.88. The van der Waals surface area contributed by atoms with Crippen molar-refractivity contribution in [2.45, 2.75) is 124 Å². The van der Waals surface area contributed by atoms with Crippen LogP contribution in [0.2, 0.25) is 0 Å². The van der Waals surface area contributed by atoms with E-state index in [1.165, 1.54) is 6.07 Å². The van der Waals surface area contributed by atoms with E-state index in [0.29, 0.717) is 48.8 Å². The van der Waals surface area contributed by atoms with Gasteiger partial charge in [-0.15, -0.1) is 0 Å². The topological polar surface area (TPSA) is 157 Å². The summed E-state index contributed by atoms with van der Waals surface area (Å²) in [4.78, 5) is 63.0. The molecule has 0 spiro atoms. The third kappa shape index (κ3) is 13.5. The zero-order valence-electron chi connectivity index (χ0n) is 45.3. The van der Waals surface area contributed by atoms with Gasteiger partial charge in [0.15, 0.2) is 0 Å². The van der Waals surface area contributed by atoms with Gasteiger partial charge in [0.05, 0.1) is 11.9 Å². The molecular formula is C61H74F2N8O6. The Hall–Kier alpha value is -7.14. The summed E-state index contributed by atoms with van der Waals surface area (Å²) in [6.07, 6.45) is 6.42. The molecule has 2 saturated heterocycles. The van der Waals surface area contributed by atoms with Crippen LogP contribution in [0.1, 0.15) is 107 Å². The Morgan fingerprint density at radius 1 is 0.701 bits per heavy atom. The molecular weight excluding hydrogens is 979 g/mol. The number of para-hydroxylation sites is 1. The lowest BCUT2D eigenvalue weighted by atomic mass is 9.99. The summed E-state index contributed by atoms with van der Waals surface area (Å²) >= 11 is 0. The third-order valence-corrected chi connectivity index (χ3v) is 14.7. The molecule has 4 N–H and O–H groups in total. The number of nitrogens with zero attached hydrogens (tertiary/aromatic N) is 5. The minimum Gasteiger partial charge on any atom is -0.493 e. The molecule has 0 radical (unpaired) electrons. The quantitative estimate of drug-likeness (QED) is 0.0538. The number of rotatable bonds is 19. The summed E-state index contributed by atoms with van der Waals surface area (Å²) in [7, 11) is 0. The van der Waals surface area contributed by atoms with Crippen LogP contribution in [-0.4, -0.2) is 93.6 Å². The zero-order valence-corrected chi connectivity index (χ0v) is 45.3. The van der Waals surface area contributed by atoms with E-state index in [-0.39, 0.29) is 85.4 Å². The number of furan rings is 1. The van der Waals surface area contributed by atoms with Crippen molar-refractivity contribution in [3.63, 3.8) is 0 Å². The number of carbonyl (C=O) groups is 4. The fraction of sp³-hybridized carbons (Fsp3) is 0.410. The third-order valence-electron chi connectivity index (χ3n) is 14.7. The minimum absolute atomic E-state index is 0.0204. The van der Waals surface area contributed by atoms with Gasteiger partial charge in [-0.05, 0) is 78.4 Å². The lowest BCUT2D eigenvalue weighted by molar-refractivity contribution is -0.150. The predicted molar refractivity (Wildman–Crippen MR) is 295 cm³/mol. The Morgan fingerprint density at radius 2 is 1.23 bits per heavy atom. The molecule has 4 aromatic carbocycles. The number of anilines is 1. The van der Waals surface area contributed by atoms with Crippen LogP contribution in [0.25, 0.3) is 22.6 Å². The SMILES string of the molecule is CC/C=C\N(N)c1ccccc1CN1CC(C)N(C(=O)C(C)C)C(C(=O)NCc2ccc(-c3ccc(-c4ccc(C(F)F)c(CN5CC(C)N(C(=O)C(C)C)C(C(=O)NCc6ccc(C7CC=CO7)cc6)C5)c4)o3)cc2)C1. The van der Waals surface area contributed by atoms with E-state index in [9.17, 15) is 28.0 Å². The molecule has 5 unspecified atom stereocenters. The first-order valence-corrected chi connectivity index (χ1v) is 26.9. The van der Waals surface area contributed by atoms with Crippen LogP contribution in [-0.2, 0) is 50.1 Å². The normalized spacial score (nSPS) is 20.1. The Labute approximate surface area is 451 Å². The van der Waals surface area contributed by atoms with Crippen LogP contribution in [0.4, 0.5) is 14.5 Å². The number of nitrogens with two attached hydrogens (primary N) is 1. The van der Waals surface area contributed by atoms with E-state index in [1.807, 2.05) is 157 Å². The standard InChI is InChI=1S/C61H74F2N8O6/c1-8-9-28-69(64)51-14-11-10-13-48(51)35-67-33-41(6)70(60(74)39(2)3)52(37-67)58(72)66-32-44-18-22-46(23-19-44)55-26-27-56(77-55)47-24-25-50(57(62)63)49(30-47)36-68-34-42(7)71(61(75)40(4)5)53(38-68)59(73)65-31-43-16-20-45(21-17-43)54-15-12-29-76-54/h9-14,16-30,39-42,52-54,57H,8,15,31-38,64H2,1-7H3,(H,65,73)(H,66,72)/b28-9-. The lowest BCUT2D eigenvalue weighted by Gasteiger charge is -2.45. The number of carbonyl (C=O) groups excluding carboxylic acids is 4. The number of hydrogen-bond acceptors (Lipinski definition) is 10. The Balaban J connectivity index is 0.922. The number of ether oxygens (including phenoxy) is 1. The van der Waals surface area contributed by atoms with E-state index >= 15 is 0 Å². The minimum atomic E-state index is -2.75. The van der Waals surface area contributed by atoms with E-state index < -0.39 is 18.5 Å². The van der Waals surface area contributed by atoms with E-state index in [0.717, 1.165) is 46.3 Å². The molecule has 3 aliphatic heterocycles. The van der Waals surface area contributed by atoms with Crippen molar-refractivity contribution in [2.24, 2.45) is 17.7 Å². The summed E-state index contributed by atoms with van der Waals surface area (Å²) < 4.78 is 41.4. The number of allylic oxidation sites excluding steroid dienone is 1. The molecule has 14 nitrogen and oxygen atoms in total. The van der Waals surface area contributed by atoms with Crippen LogP contribution < -0.4 is 21.5 Å². The molecule has 4 heterocycles. The highest BCUT2D eigenvalue weighted by Crippen LogP contribution is 2.34. The van der Waals surface area contributed by atoms with Gasteiger partial charge in [-0.3, -0.25) is 34.0 Å². The maximum atomic E-state index is 14.7. The van der Waals surface area contributed by atoms with Crippen molar-refractivity contribution in [3.05, 3.63) is 161 Å². The molecule has 4 amide bonds. The van der Waals surface area contributed by atoms with Crippen LogP contribution in [0, 0.1) is 11.8 Å². The lowest BCUT2D eigenvalue weighted by Crippen LogP contribution is -2.64. The second kappa shape index (κ2) is 25.3. The summed E-state index contributed by atoms with van der Waals surface area (Å²) in [6, 6.07) is 29.7. The average molecular weight is 1050 g/mol. The summed E-state index contributed by atoms with van der Waals surface area (Å²) in [5.74, 6) is 6.08. The Kier molecular flexibility index (Phi) is 18.5. The largest absolute Gasteiger partial charge is 0.493 e. The molecule has 0 bridgehead atoms. The second-order valence-electron chi connectivity index (χ2n) is 21.2. The molecule has 2 fully saturated rings. The van der Waals surface area contributed by atoms with Gasteiger partial charge in [-0.25, -0.2) is 14.6 Å². The van der Waals surface area contributed by atoms with Gasteiger partial charge in [0.1, 0.15) is 29.7 Å². The number of hydrazine groups is 1. The molecule has 1 aromatic heterocycles. The molecule has 5 atom stereocenters. The fourth-order valence-electron chi connectivity index (χ4n) is 10.7. The van der Waals surface area contributed by atoms with Crippen molar-refractivity contribution in [2.75, 3.05) is 31.2 Å². The monoisotopic (exact) mass is 1050 g/mol. The van der Waals surface area contributed by atoms with Gasteiger partial charge in [0.2, 0.25) is 23.6 Å². The van der Waals surface area contributed by atoms with E-state index in [2.05, 4.69) is 15.5 Å². The van der Waals surface area contributed by atoms with Crippen molar-refractivity contribution >= 4 is 29.3 Å². The molecule has 0 aliphatic carbocycles. The second-order valence-corrected chi connectivity index (χ2v) is 21.2. The number of nitrogens with one attached hydrogen (secondary N) is 2. The van der Waals surface area contributed by atoms with Crippen LogP contribution in [0.15, 0.2) is 132 Å². The van der Waals surface area contributed by atoms with Crippen molar-refractivity contribution in [1.82, 2.24) is 30.2 Å². The number of piperazine rings is 2. The molecule has 8 rings (SSSR count). The zero-order chi connectivity index (χ0) is 54.9. The number of hydrogen-bond donors (Lipinski definition) is 3. The molecule has 0 saturated carbocycles. The van der Waals surface area contributed by atoms with Crippen molar-refractivity contribution in [3.8, 4) is 22.6 Å². The first kappa shape index (κ1) is 56.1. The summed E-state index contributed by atoms with van der Waals surface area (Å²) in [6.45, 7) is 15.9. The van der Waals surface area contributed by atoms with Gasteiger partial charge >= 0.3 is 0 Å². The Morgan fingerprint density at radius 3 is 1.77 bits per heavy atom. The Bertz CT molecular complexity index is 2900. The molecule has 408 valence electrons. The van der Waals surface area contributed by atoms with Crippen molar-refractivity contribution in [1.29, 1.82) is 0 Å². The van der Waals surface area contributed by atoms with Crippen LogP contribution in [0.5, 0.6) is 0 Å². The highest BCUT2D eigenvalue weighted by atomic mass is 19.3. The smallest absolute Gasteiger partial charge is 0.264 e. The van der Waals surface area contributed by atoms with E-state index in [4.69, 9.17) is 15.0 Å². The van der Waals surface area contributed by atoms with E-state index in [1.54, 1.807) is 33.2 Å². The number of alkyl halides is 2. The summed E-state index contributed by atoms with van der Waals surface area (Å²) in [5.41, 5.74) is 6.35. The van der Waals surface area contributed by atoms with Gasteiger partial charge < -0.3 is 29.6 Å². The fourth-order valence-corrected chi connectivity index (χ4v) is 10.7. The van der Waals surface area contributed by atoms with Gasteiger partial charge in [-0.1, -0.05) is 120 Å². The molecule has 77 heavy (non-hydrogen) atoms. The maximum Gasteiger partial charge on any atom is 0.264 e. The van der Waals surface area contributed by atoms with Gasteiger partial charge in [0.25, 0.3) is 6.43 Å². The van der Waals surface area contributed by atoms with Crippen molar-refractivity contribution < 1.29 is 37.1 Å².